The lowest BCUT2D eigenvalue weighted by Gasteiger charge is -2.42. The Morgan fingerprint density at radius 1 is 0.733 bits per heavy atom. The summed E-state index contributed by atoms with van der Waals surface area (Å²) in [4.78, 5) is 19.8. The minimum absolute atomic E-state index is 0. The van der Waals surface area contributed by atoms with E-state index in [1.165, 1.54) is 30.6 Å². The van der Waals surface area contributed by atoms with E-state index in [-0.39, 0.29) is 37.4 Å². The molecule has 3 heterocycles. The summed E-state index contributed by atoms with van der Waals surface area (Å²) in [5.74, 6) is 0.691. The van der Waals surface area contributed by atoms with Crippen molar-refractivity contribution in [3.63, 3.8) is 0 Å². The van der Waals surface area contributed by atoms with Crippen LogP contribution in [0, 0.1) is 11.8 Å². The van der Waals surface area contributed by atoms with Crippen molar-refractivity contribution >= 4 is 53.9 Å². The lowest BCUT2D eigenvalue weighted by molar-refractivity contribution is -0.143. The van der Waals surface area contributed by atoms with Crippen LogP contribution in [-0.4, -0.2) is 72.5 Å². The molecule has 3 aliphatic heterocycles. The summed E-state index contributed by atoms with van der Waals surface area (Å²) in [7, 11) is 0. The highest BCUT2D eigenvalue weighted by atomic mass is 35.5. The van der Waals surface area contributed by atoms with Gasteiger partial charge in [-0.05, 0) is 99.3 Å². The minimum atomic E-state index is -5.04. The third kappa shape index (κ3) is 9.80. The molecule has 4 fully saturated rings. The van der Waals surface area contributed by atoms with E-state index in [0.717, 1.165) is 50.0 Å². The van der Waals surface area contributed by atoms with Crippen LogP contribution in [-0.2, 0) is 18.8 Å². The van der Waals surface area contributed by atoms with E-state index in [4.69, 9.17) is 23.2 Å². The number of hydrogen-bond donors (Lipinski definition) is 0. The van der Waals surface area contributed by atoms with Crippen LogP contribution in [0.4, 0.5) is 26.3 Å². The fourth-order valence-corrected chi connectivity index (χ4v) is 7.17. The van der Waals surface area contributed by atoms with Crippen molar-refractivity contribution in [1.29, 1.82) is 0 Å². The Morgan fingerprint density at radius 2 is 1.29 bits per heavy atom. The zero-order valence-electron chi connectivity index (χ0n) is 24.5. The number of alkyl halides is 6. The van der Waals surface area contributed by atoms with Crippen molar-refractivity contribution in [3.05, 3.63) is 68.7 Å². The average Bonchev–Trinajstić information content (AvgIpc) is 3.27. The van der Waals surface area contributed by atoms with E-state index in [2.05, 4.69) is 9.80 Å². The van der Waals surface area contributed by atoms with E-state index >= 15 is 0 Å². The van der Waals surface area contributed by atoms with Gasteiger partial charge in [-0.1, -0.05) is 29.3 Å². The molecule has 0 aromatic heterocycles. The lowest BCUT2D eigenvalue weighted by atomic mass is 9.84. The molecule has 1 saturated carbocycles. The normalized spacial score (nSPS) is 22.8. The largest absolute Gasteiger partial charge is 0.416 e. The Balaban J connectivity index is 0.00000276. The number of amides is 1. The number of rotatable bonds is 7. The molecule has 45 heavy (non-hydrogen) atoms. The van der Waals surface area contributed by atoms with Crippen molar-refractivity contribution in [3.8, 4) is 0 Å². The molecular formula is C31H37Cl4F6N3O. The van der Waals surface area contributed by atoms with E-state index < -0.39 is 41.0 Å². The number of fused-ring (bicyclic) bond motifs is 4. The molecule has 6 rings (SSSR count). The van der Waals surface area contributed by atoms with Crippen molar-refractivity contribution in [2.75, 3.05) is 45.8 Å². The maximum absolute atomic E-state index is 13.6. The summed E-state index contributed by atoms with van der Waals surface area (Å²) >= 11 is 12.3. The first kappa shape index (κ1) is 38.0. The standard InChI is InChI=1S/C31H35Cl2F6N3O.2ClH/c32-27-7-6-22(13-28(27)33)12-26-19-40(8-1-9-41-17-20-2-3-21(18-41)5-4-20)10-11-42(26)29(43)23-14-24(30(34,35)36)16-25(15-23)31(37,38)39;;/h6-7,13-16,20-21,26H,1-5,8-12,17-19H2;2*1H/t20?,21?,26-;;/m1../s1. The van der Waals surface area contributed by atoms with Gasteiger partial charge in [-0.25, -0.2) is 0 Å². The molecule has 14 heteroatoms. The van der Waals surface area contributed by atoms with Crippen LogP contribution in [0.5, 0.6) is 0 Å². The lowest BCUT2D eigenvalue weighted by Crippen LogP contribution is -2.56. The Labute approximate surface area is 282 Å². The van der Waals surface area contributed by atoms with Gasteiger partial charge >= 0.3 is 12.4 Å². The number of halogens is 10. The van der Waals surface area contributed by atoms with Crippen molar-refractivity contribution < 1.29 is 31.1 Å². The summed E-state index contributed by atoms with van der Waals surface area (Å²) in [5, 5.41) is 0.679. The fourth-order valence-electron chi connectivity index (χ4n) is 6.85. The van der Waals surface area contributed by atoms with Crippen LogP contribution < -0.4 is 0 Å². The highest BCUT2D eigenvalue weighted by molar-refractivity contribution is 6.42. The molecule has 1 amide bonds. The third-order valence-electron chi connectivity index (χ3n) is 9.07. The molecule has 0 unspecified atom stereocenters. The average molecular weight is 723 g/mol. The summed E-state index contributed by atoms with van der Waals surface area (Å²) in [6.45, 7) is 5.12. The molecule has 4 nitrogen and oxygen atoms in total. The number of nitrogens with zero attached hydrogens (tertiary/aromatic N) is 3. The summed E-state index contributed by atoms with van der Waals surface area (Å²) in [6, 6.07) is 5.63. The van der Waals surface area contributed by atoms with E-state index in [1.807, 2.05) is 0 Å². The smallest absolute Gasteiger partial charge is 0.333 e. The zero-order chi connectivity index (χ0) is 30.9. The Kier molecular flexibility index (Phi) is 13.2. The summed E-state index contributed by atoms with van der Waals surface area (Å²) in [5.41, 5.74) is -2.88. The van der Waals surface area contributed by atoms with Gasteiger partial charge in [0, 0.05) is 44.3 Å². The van der Waals surface area contributed by atoms with Gasteiger partial charge in [0.15, 0.2) is 0 Å². The maximum Gasteiger partial charge on any atom is 0.416 e. The molecule has 1 atom stereocenters. The van der Waals surface area contributed by atoms with Crippen LogP contribution in [0.2, 0.25) is 10.0 Å². The predicted molar refractivity (Wildman–Crippen MR) is 169 cm³/mol. The number of hydrogen-bond acceptors (Lipinski definition) is 3. The SMILES string of the molecule is Cl.Cl.O=C(c1cc(C(F)(F)F)cc(C(F)(F)F)c1)N1CCN(CCCN2CC3CCC(CC3)C2)C[C@H]1Cc1ccc(Cl)c(Cl)c1. The Hall–Kier alpha value is -1.43. The molecule has 252 valence electrons. The van der Waals surface area contributed by atoms with E-state index in [1.54, 1.807) is 18.2 Å². The van der Waals surface area contributed by atoms with Crippen molar-refractivity contribution in [2.24, 2.45) is 11.8 Å². The molecule has 2 bridgehead atoms. The molecule has 0 spiro atoms. The number of carbonyl (C=O) groups excluding carboxylic acids is 1. The Morgan fingerprint density at radius 3 is 1.82 bits per heavy atom. The van der Waals surface area contributed by atoms with Gasteiger partial charge in [0.25, 0.3) is 5.91 Å². The molecule has 3 saturated heterocycles. The topological polar surface area (TPSA) is 26.8 Å². The van der Waals surface area contributed by atoms with Gasteiger partial charge in [-0.15, -0.1) is 24.8 Å². The van der Waals surface area contributed by atoms with E-state index in [9.17, 15) is 31.1 Å². The number of piperazine rings is 1. The predicted octanol–water partition coefficient (Wildman–Crippen LogP) is 8.76. The second-order valence-corrected chi connectivity index (χ2v) is 13.0. The molecule has 2 aromatic carbocycles. The maximum atomic E-state index is 13.6. The zero-order valence-corrected chi connectivity index (χ0v) is 27.6. The van der Waals surface area contributed by atoms with Crippen LogP contribution in [0.15, 0.2) is 36.4 Å². The molecule has 0 radical (unpaired) electrons. The highest BCUT2D eigenvalue weighted by Crippen LogP contribution is 2.37. The van der Waals surface area contributed by atoms with Gasteiger partial charge < -0.3 is 9.80 Å². The molecule has 1 aliphatic carbocycles. The monoisotopic (exact) mass is 721 g/mol. The first-order valence-corrected chi connectivity index (χ1v) is 15.5. The first-order chi connectivity index (χ1) is 20.3. The molecular weight excluding hydrogens is 686 g/mol. The number of carbonyl (C=O) groups is 1. The summed E-state index contributed by atoms with van der Waals surface area (Å²) in [6.07, 6.45) is -3.58. The Bertz CT molecular complexity index is 1260. The minimum Gasteiger partial charge on any atom is -0.333 e. The third-order valence-corrected chi connectivity index (χ3v) is 9.80. The fraction of sp³-hybridized carbons (Fsp3) is 0.581. The quantitative estimate of drug-likeness (QED) is 0.268. The highest BCUT2D eigenvalue weighted by Gasteiger charge is 2.39. The van der Waals surface area contributed by atoms with Crippen LogP contribution >= 0.6 is 48.0 Å². The van der Waals surface area contributed by atoms with Crippen LogP contribution in [0.25, 0.3) is 0 Å². The molecule has 4 aliphatic rings. The molecule has 2 aromatic rings. The molecule has 0 N–H and O–H groups in total. The van der Waals surface area contributed by atoms with Gasteiger partial charge in [0.1, 0.15) is 0 Å². The van der Waals surface area contributed by atoms with Crippen LogP contribution in [0.1, 0.15) is 59.2 Å². The first-order valence-electron chi connectivity index (χ1n) is 14.8. The van der Waals surface area contributed by atoms with Gasteiger partial charge in [0.05, 0.1) is 21.2 Å². The van der Waals surface area contributed by atoms with Gasteiger partial charge in [0.2, 0.25) is 0 Å². The van der Waals surface area contributed by atoms with Gasteiger partial charge in [-0.2, -0.15) is 26.3 Å². The van der Waals surface area contributed by atoms with Crippen molar-refractivity contribution in [1.82, 2.24) is 14.7 Å². The van der Waals surface area contributed by atoms with Crippen molar-refractivity contribution in [2.45, 2.75) is 56.9 Å². The van der Waals surface area contributed by atoms with Gasteiger partial charge in [-0.3, -0.25) is 9.69 Å². The second kappa shape index (κ2) is 15.6. The van der Waals surface area contributed by atoms with Crippen LogP contribution in [0.3, 0.4) is 0 Å². The number of benzene rings is 2. The second-order valence-electron chi connectivity index (χ2n) is 12.2. The summed E-state index contributed by atoms with van der Waals surface area (Å²) < 4.78 is 81.1. The van der Waals surface area contributed by atoms with E-state index in [0.29, 0.717) is 41.7 Å².